The van der Waals surface area contributed by atoms with E-state index in [0.29, 0.717) is 22.7 Å². The van der Waals surface area contributed by atoms with Crippen LogP contribution in [0, 0.1) is 0 Å². The first-order chi connectivity index (χ1) is 9.76. The molecule has 0 saturated heterocycles. The molecular weight excluding hydrogens is 256 g/mol. The molecule has 0 spiro atoms. The number of methoxy groups -OCH3 is 2. The van der Waals surface area contributed by atoms with E-state index in [1.54, 1.807) is 18.8 Å². The van der Waals surface area contributed by atoms with Crippen molar-refractivity contribution in [1.82, 2.24) is 9.55 Å². The van der Waals surface area contributed by atoms with Gasteiger partial charge < -0.3 is 14.5 Å². The summed E-state index contributed by atoms with van der Waals surface area (Å²) in [5, 5.41) is 0. The highest BCUT2D eigenvalue weighted by molar-refractivity contribution is 5.83. The molecule has 3 aromatic rings. The highest BCUT2D eigenvalue weighted by Gasteiger charge is 2.14. The Labute approximate surface area is 115 Å². The maximum atomic E-state index is 12.3. The van der Waals surface area contributed by atoms with E-state index in [1.165, 1.54) is 0 Å². The van der Waals surface area contributed by atoms with E-state index < -0.39 is 0 Å². The molecule has 0 amide bonds. The average molecular weight is 270 g/mol. The minimum absolute atomic E-state index is 0.228. The number of hydrogen-bond acceptors (Lipinski definition) is 3. The zero-order chi connectivity index (χ0) is 14.1. The first-order valence-electron chi connectivity index (χ1n) is 6.17. The van der Waals surface area contributed by atoms with E-state index in [9.17, 15) is 4.79 Å². The zero-order valence-electron chi connectivity index (χ0n) is 11.2. The number of ether oxygens (including phenoxy) is 2. The van der Waals surface area contributed by atoms with Crippen LogP contribution in [0.25, 0.3) is 16.7 Å². The van der Waals surface area contributed by atoms with Gasteiger partial charge in [-0.05, 0) is 24.3 Å². The van der Waals surface area contributed by atoms with Gasteiger partial charge in [0.1, 0.15) is 17.0 Å². The molecule has 1 N–H and O–H groups in total. The monoisotopic (exact) mass is 270 g/mol. The van der Waals surface area contributed by atoms with Crippen LogP contribution in [0.1, 0.15) is 0 Å². The normalized spacial score (nSPS) is 10.7. The van der Waals surface area contributed by atoms with Crippen LogP contribution in [0.2, 0.25) is 0 Å². The zero-order valence-corrected chi connectivity index (χ0v) is 11.2. The lowest BCUT2D eigenvalue weighted by molar-refractivity contribution is 0.413. The highest BCUT2D eigenvalue weighted by Crippen LogP contribution is 2.27. The van der Waals surface area contributed by atoms with Crippen LogP contribution in [0.5, 0.6) is 11.5 Å². The van der Waals surface area contributed by atoms with E-state index in [0.717, 1.165) is 5.52 Å². The van der Waals surface area contributed by atoms with Crippen molar-refractivity contribution in [3.63, 3.8) is 0 Å². The molecule has 1 aromatic heterocycles. The fraction of sp³-hybridized carbons (Fsp3) is 0.133. The summed E-state index contributed by atoms with van der Waals surface area (Å²) < 4.78 is 12.2. The van der Waals surface area contributed by atoms with Crippen LogP contribution in [0.4, 0.5) is 0 Å². The number of nitrogens with zero attached hydrogens (tertiary/aromatic N) is 1. The Kier molecular flexibility index (Phi) is 2.95. The van der Waals surface area contributed by atoms with Gasteiger partial charge in [0.15, 0.2) is 0 Å². The van der Waals surface area contributed by atoms with Gasteiger partial charge in [0, 0.05) is 0 Å². The van der Waals surface area contributed by atoms with Crippen molar-refractivity contribution in [1.29, 1.82) is 0 Å². The predicted octanol–water partition coefficient (Wildman–Crippen LogP) is 2.34. The molecule has 0 aliphatic carbocycles. The van der Waals surface area contributed by atoms with Crippen molar-refractivity contribution in [3.8, 4) is 17.2 Å². The van der Waals surface area contributed by atoms with Gasteiger partial charge in [-0.25, -0.2) is 4.79 Å². The molecule has 3 rings (SSSR count). The molecule has 0 saturated carbocycles. The van der Waals surface area contributed by atoms with Crippen molar-refractivity contribution >= 4 is 11.0 Å². The number of hydrogen-bond donors (Lipinski definition) is 1. The maximum absolute atomic E-state index is 12.3. The SMILES string of the molecule is COc1ccccc1-n1c(=O)[nH]c2c(OC)cccc21. The number of benzene rings is 2. The van der Waals surface area contributed by atoms with Gasteiger partial charge in [-0.3, -0.25) is 4.57 Å². The van der Waals surface area contributed by atoms with Crippen LogP contribution >= 0.6 is 0 Å². The fourth-order valence-electron chi connectivity index (χ4n) is 2.33. The summed E-state index contributed by atoms with van der Waals surface area (Å²) in [5.41, 5.74) is 1.89. The quantitative estimate of drug-likeness (QED) is 0.794. The summed E-state index contributed by atoms with van der Waals surface area (Å²) in [6, 6.07) is 12.9. The van der Waals surface area contributed by atoms with Crippen LogP contribution in [-0.2, 0) is 0 Å². The Hall–Kier alpha value is -2.69. The van der Waals surface area contributed by atoms with Crippen LogP contribution in [-0.4, -0.2) is 23.8 Å². The number of fused-ring (bicyclic) bond motifs is 1. The molecule has 0 atom stereocenters. The van der Waals surface area contributed by atoms with E-state index in [-0.39, 0.29) is 5.69 Å². The lowest BCUT2D eigenvalue weighted by Crippen LogP contribution is -2.15. The first kappa shape index (κ1) is 12.3. The Morgan fingerprint density at radius 1 is 0.950 bits per heavy atom. The van der Waals surface area contributed by atoms with E-state index >= 15 is 0 Å². The topological polar surface area (TPSA) is 56.2 Å². The average Bonchev–Trinajstić information content (AvgIpc) is 2.82. The highest BCUT2D eigenvalue weighted by atomic mass is 16.5. The number of imidazole rings is 1. The fourth-order valence-corrected chi connectivity index (χ4v) is 2.33. The van der Waals surface area contributed by atoms with Crippen molar-refractivity contribution in [2.75, 3.05) is 14.2 Å². The second kappa shape index (κ2) is 4.77. The number of aromatic nitrogens is 2. The molecule has 2 aromatic carbocycles. The molecule has 0 aliphatic heterocycles. The third-order valence-corrected chi connectivity index (χ3v) is 3.23. The van der Waals surface area contributed by atoms with Crippen LogP contribution in [0.3, 0.4) is 0 Å². The maximum Gasteiger partial charge on any atom is 0.331 e. The summed E-state index contributed by atoms with van der Waals surface area (Å²) >= 11 is 0. The van der Waals surface area contributed by atoms with Gasteiger partial charge >= 0.3 is 5.69 Å². The molecule has 0 radical (unpaired) electrons. The van der Waals surface area contributed by atoms with Crippen LogP contribution in [0.15, 0.2) is 47.3 Å². The van der Waals surface area contributed by atoms with Gasteiger partial charge in [0.2, 0.25) is 0 Å². The molecule has 1 heterocycles. The molecule has 5 nitrogen and oxygen atoms in total. The predicted molar refractivity (Wildman–Crippen MR) is 77.0 cm³/mol. The second-order valence-corrected chi connectivity index (χ2v) is 4.29. The Bertz CT molecular complexity index is 817. The number of H-pyrrole nitrogens is 1. The van der Waals surface area contributed by atoms with E-state index in [4.69, 9.17) is 9.47 Å². The van der Waals surface area contributed by atoms with Crippen molar-refractivity contribution < 1.29 is 9.47 Å². The second-order valence-electron chi connectivity index (χ2n) is 4.29. The molecule has 5 heteroatoms. The molecular formula is C15H14N2O3. The third-order valence-electron chi connectivity index (χ3n) is 3.23. The van der Waals surface area contributed by atoms with E-state index in [1.807, 2.05) is 42.5 Å². The molecule has 0 unspecified atom stereocenters. The van der Waals surface area contributed by atoms with Gasteiger partial charge in [0.25, 0.3) is 0 Å². The molecule has 0 fully saturated rings. The van der Waals surface area contributed by atoms with E-state index in [2.05, 4.69) is 4.98 Å². The summed E-state index contributed by atoms with van der Waals surface area (Å²) in [4.78, 5) is 15.1. The number of rotatable bonds is 3. The Morgan fingerprint density at radius 3 is 2.40 bits per heavy atom. The van der Waals surface area contributed by atoms with Gasteiger partial charge in [-0.1, -0.05) is 18.2 Å². The van der Waals surface area contributed by atoms with Crippen molar-refractivity contribution in [3.05, 3.63) is 52.9 Å². The van der Waals surface area contributed by atoms with Gasteiger partial charge in [-0.2, -0.15) is 0 Å². The van der Waals surface area contributed by atoms with Crippen molar-refractivity contribution in [2.24, 2.45) is 0 Å². The Balaban J connectivity index is 2.37. The Morgan fingerprint density at radius 2 is 1.65 bits per heavy atom. The summed E-state index contributed by atoms with van der Waals surface area (Å²) in [5.74, 6) is 1.27. The van der Waals surface area contributed by atoms with Gasteiger partial charge in [-0.15, -0.1) is 0 Å². The largest absolute Gasteiger partial charge is 0.495 e. The number of aromatic amines is 1. The lowest BCUT2D eigenvalue weighted by atomic mass is 10.2. The molecule has 102 valence electrons. The summed E-state index contributed by atoms with van der Waals surface area (Å²) in [6.07, 6.45) is 0. The summed E-state index contributed by atoms with van der Waals surface area (Å²) in [6.45, 7) is 0. The molecule has 0 bridgehead atoms. The third kappa shape index (κ3) is 1.75. The standard InChI is InChI=1S/C15H14N2O3/c1-19-12-8-4-3-6-10(12)17-11-7-5-9-13(20-2)14(11)16-15(17)18/h3-9H,1-2H3,(H,16,18). The summed E-state index contributed by atoms with van der Waals surface area (Å²) in [7, 11) is 3.16. The first-order valence-corrected chi connectivity index (χ1v) is 6.17. The molecule has 0 aliphatic rings. The smallest absolute Gasteiger partial charge is 0.331 e. The number of nitrogens with one attached hydrogen (secondary N) is 1. The van der Waals surface area contributed by atoms with Crippen LogP contribution < -0.4 is 15.2 Å². The van der Waals surface area contributed by atoms with Gasteiger partial charge in [0.05, 0.1) is 25.4 Å². The minimum atomic E-state index is -0.228. The lowest BCUT2D eigenvalue weighted by Gasteiger charge is -2.09. The number of para-hydroxylation sites is 3. The minimum Gasteiger partial charge on any atom is -0.495 e. The van der Waals surface area contributed by atoms with Crippen molar-refractivity contribution in [2.45, 2.75) is 0 Å². The molecule has 20 heavy (non-hydrogen) atoms.